The molecule has 0 aliphatic heterocycles. The summed E-state index contributed by atoms with van der Waals surface area (Å²) in [7, 11) is 0. The van der Waals surface area contributed by atoms with Crippen LogP contribution in [0.1, 0.15) is 24.2 Å². The number of carbonyl (C=O) groups is 2. The maximum Gasteiger partial charge on any atom is 0.269 e. The summed E-state index contributed by atoms with van der Waals surface area (Å²) in [5, 5.41) is 13.3. The van der Waals surface area contributed by atoms with Crippen molar-refractivity contribution in [1.82, 2.24) is 0 Å². The van der Waals surface area contributed by atoms with Crippen molar-refractivity contribution < 1.29 is 19.2 Å². The van der Waals surface area contributed by atoms with Gasteiger partial charge in [-0.05, 0) is 50.2 Å². The molecule has 1 unspecified atom stereocenters. The molecule has 7 nitrogen and oxygen atoms in total. The van der Waals surface area contributed by atoms with E-state index in [4.69, 9.17) is 4.74 Å². The zero-order valence-corrected chi connectivity index (χ0v) is 13.2. The van der Waals surface area contributed by atoms with Gasteiger partial charge in [-0.15, -0.1) is 0 Å². The lowest BCUT2D eigenvalue weighted by molar-refractivity contribution is -0.384. The van der Waals surface area contributed by atoms with Gasteiger partial charge in [0.1, 0.15) is 5.75 Å². The molecular weight excluding hydrogens is 312 g/mol. The molecule has 1 atom stereocenters. The van der Waals surface area contributed by atoms with Gasteiger partial charge in [-0.2, -0.15) is 0 Å². The normalized spacial score (nSPS) is 11.4. The molecule has 24 heavy (non-hydrogen) atoms. The zero-order valence-electron chi connectivity index (χ0n) is 13.2. The number of rotatable bonds is 6. The quantitative estimate of drug-likeness (QED) is 0.499. The van der Waals surface area contributed by atoms with Crippen LogP contribution in [0.25, 0.3) is 0 Å². The average Bonchev–Trinajstić information content (AvgIpc) is 2.55. The number of carbonyl (C=O) groups excluding carboxylic acids is 2. The third kappa shape index (κ3) is 4.39. The first-order valence-corrected chi connectivity index (χ1v) is 7.20. The molecular formula is C17H16N2O5. The highest BCUT2D eigenvalue weighted by molar-refractivity contribution is 5.96. The summed E-state index contributed by atoms with van der Waals surface area (Å²) < 4.78 is 5.46. The van der Waals surface area contributed by atoms with E-state index >= 15 is 0 Å². The zero-order chi connectivity index (χ0) is 17.7. The van der Waals surface area contributed by atoms with Crippen LogP contribution in [0, 0.1) is 10.1 Å². The van der Waals surface area contributed by atoms with Gasteiger partial charge in [-0.3, -0.25) is 19.7 Å². The molecule has 2 aromatic rings. The van der Waals surface area contributed by atoms with Crippen LogP contribution in [0.4, 0.5) is 11.4 Å². The van der Waals surface area contributed by atoms with Crippen molar-refractivity contribution in [3.8, 4) is 5.75 Å². The molecule has 0 aliphatic carbocycles. The Balaban J connectivity index is 1.96. The summed E-state index contributed by atoms with van der Waals surface area (Å²) >= 11 is 0. The van der Waals surface area contributed by atoms with Crippen LogP contribution < -0.4 is 10.1 Å². The second-order valence-electron chi connectivity index (χ2n) is 5.13. The third-order valence-corrected chi connectivity index (χ3v) is 3.29. The Morgan fingerprint density at radius 2 is 1.67 bits per heavy atom. The van der Waals surface area contributed by atoms with Crippen molar-refractivity contribution in [1.29, 1.82) is 0 Å². The second kappa shape index (κ2) is 7.36. The van der Waals surface area contributed by atoms with Gasteiger partial charge in [0, 0.05) is 23.4 Å². The Morgan fingerprint density at radius 3 is 2.17 bits per heavy atom. The smallest absolute Gasteiger partial charge is 0.269 e. The van der Waals surface area contributed by atoms with E-state index < -0.39 is 11.0 Å². The summed E-state index contributed by atoms with van der Waals surface area (Å²) in [5.41, 5.74) is 1.05. The molecule has 0 bridgehead atoms. The lowest BCUT2D eigenvalue weighted by Crippen LogP contribution is -2.30. The molecule has 0 aromatic heterocycles. The van der Waals surface area contributed by atoms with Crippen LogP contribution in [0.2, 0.25) is 0 Å². The van der Waals surface area contributed by atoms with Crippen molar-refractivity contribution in [3.63, 3.8) is 0 Å². The number of hydrogen-bond donors (Lipinski definition) is 1. The topological polar surface area (TPSA) is 98.5 Å². The van der Waals surface area contributed by atoms with Gasteiger partial charge in [-0.25, -0.2) is 0 Å². The van der Waals surface area contributed by atoms with Gasteiger partial charge >= 0.3 is 0 Å². The minimum atomic E-state index is -0.793. The van der Waals surface area contributed by atoms with Crippen LogP contribution in [0.5, 0.6) is 5.75 Å². The molecule has 2 rings (SSSR count). The van der Waals surface area contributed by atoms with Crippen molar-refractivity contribution in [3.05, 3.63) is 64.2 Å². The van der Waals surface area contributed by atoms with Crippen LogP contribution >= 0.6 is 0 Å². The molecule has 0 radical (unpaired) electrons. The molecule has 0 spiro atoms. The second-order valence-corrected chi connectivity index (χ2v) is 5.13. The van der Waals surface area contributed by atoms with Gasteiger partial charge in [0.2, 0.25) is 0 Å². The molecule has 0 saturated heterocycles. The number of Topliss-reactive ketones (excluding diaryl/α,β-unsaturated/α-hetero) is 1. The number of hydrogen-bond acceptors (Lipinski definition) is 5. The molecule has 0 aliphatic rings. The van der Waals surface area contributed by atoms with E-state index in [9.17, 15) is 19.7 Å². The number of ketones is 1. The van der Waals surface area contributed by atoms with E-state index in [-0.39, 0.29) is 17.4 Å². The third-order valence-electron chi connectivity index (χ3n) is 3.29. The molecule has 124 valence electrons. The Labute approximate surface area is 138 Å². The van der Waals surface area contributed by atoms with Gasteiger partial charge in [0.25, 0.3) is 11.6 Å². The fourth-order valence-corrected chi connectivity index (χ4v) is 1.94. The van der Waals surface area contributed by atoms with E-state index in [0.717, 1.165) is 0 Å². The minimum Gasteiger partial charge on any atom is -0.481 e. The highest BCUT2D eigenvalue weighted by atomic mass is 16.6. The number of non-ortho nitro benzene ring substituents is 1. The molecule has 0 saturated carbocycles. The first kappa shape index (κ1) is 17.1. The van der Waals surface area contributed by atoms with Gasteiger partial charge in [0.15, 0.2) is 11.9 Å². The number of anilines is 1. The Bertz CT molecular complexity index is 754. The lowest BCUT2D eigenvalue weighted by Gasteiger charge is -2.14. The van der Waals surface area contributed by atoms with Crippen molar-refractivity contribution in [2.24, 2.45) is 0 Å². The standard InChI is InChI=1S/C17H16N2O5/c1-11(20)13-3-5-14(6-4-13)18-17(21)12(2)24-16-9-7-15(8-10-16)19(22)23/h3-10,12H,1-2H3,(H,18,21). The lowest BCUT2D eigenvalue weighted by atomic mass is 10.1. The summed E-state index contributed by atoms with van der Waals surface area (Å²) in [6.45, 7) is 3.04. The maximum absolute atomic E-state index is 12.1. The van der Waals surface area contributed by atoms with E-state index in [1.165, 1.54) is 31.2 Å². The molecule has 2 aromatic carbocycles. The number of nitrogens with zero attached hydrogens (tertiary/aromatic N) is 1. The van der Waals surface area contributed by atoms with Crippen LogP contribution in [0.3, 0.4) is 0 Å². The Hall–Kier alpha value is -3.22. The molecule has 0 heterocycles. The number of ether oxygens (including phenoxy) is 1. The van der Waals surface area contributed by atoms with Gasteiger partial charge in [-0.1, -0.05) is 0 Å². The van der Waals surface area contributed by atoms with E-state index in [1.807, 2.05) is 0 Å². The monoisotopic (exact) mass is 328 g/mol. The minimum absolute atomic E-state index is 0.0509. The fraction of sp³-hybridized carbons (Fsp3) is 0.176. The first-order chi connectivity index (χ1) is 11.4. The van der Waals surface area contributed by atoms with Crippen LogP contribution in [0.15, 0.2) is 48.5 Å². The Morgan fingerprint density at radius 1 is 1.08 bits per heavy atom. The highest BCUT2D eigenvalue weighted by Gasteiger charge is 2.15. The average molecular weight is 328 g/mol. The summed E-state index contributed by atoms with van der Waals surface area (Å²) in [4.78, 5) is 33.4. The molecule has 1 amide bonds. The Kier molecular flexibility index (Phi) is 5.26. The number of nitro benzene ring substituents is 1. The SMILES string of the molecule is CC(=O)c1ccc(NC(=O)C(C)Oc2ccc([N+](=O)[O-])cc2)cc1. The molecule has 7 heteroatoms. The highest BCUT2D eigenvalue weighted by Crippen LogP contribution is 2.19. The first-order valence-electron chi connectivity index (χ1n) is 7.20. The summed E-state index contributed by atoms with van der Waals surface area (Å²) in [6.07, 6.45) is -0.793. The van der Waals surface area contributed by atoms with Gasteiger partial charge in [0.05, 0.1) is 4.92 Å². The maximum atomic E-state index is 12.1. The van der Waals surface area contributed by atoms with E-state index in [2.05, 4.69) is 5.32 Å². The number of nitrogens with one attached hydrogen (secondary N) is 1. The predicted octanol–water partition coefficient (Wildman–Crippen LogP) is 3.20. The fourth-order valence-electron chi connectivity index (χ4n) is 1.94. The van der Waals surface area contributed by atoms with Crippen LogP contribution in [-0.2, 0) is 4.79 Å². The van der Waals surface area contributed by atoms with E-state index in [0.29, 0.717) is 17.0 Å². The van der Waals surface area contributed by atoms with E-state index in [1.54, 1.807) is 31.2 Å². The molecule has 1 N–H and O–H groups in total. The van der Waals surface area contributed by atoms with Crippen molar-refractivity contribution in [2.45, 2.75) is 20.0 Å². The van der Waals surface area contributed by atoms with Crippen LogP contribution in [-0.4, -0.2) is 22.7 Å². The summed E-state index contributed by atoms with van der Waals surface area (Å²) in [5.74, 6) is -0.0677. The van der Waals surface area contributed by atoms with Crippen molar-refractivity contribution in [2.75, 3.05) is 5.32 Å². The van der Waals surface area contributed by atoms with Crippen molar-refractivity contribution >= 4 is 23.1 Å². The molecule has 0 fully saturated rings. The predicted molar refractivity (Wildman–Crippen MR) is 88.3 cm³/mol. The summed E-state index contributed by atoms with van der Waals surface area (Å²) in [6, 6.07) is 12.0. The van der Waals surface area contributed by atoms with Gasteiger partial charge < -0.3 is 10.1 Å². The number of amides is 1. The largest absolute Gasteiger partial charge is 0.481 e. The number of benzene rings is 2. The number of nitro groups is 1.